The van der Waals surface area contributed by atoms with Crippen LogP contribution in [0.4, 0.5) is 0 Å². The predicted octanol–water partition coefficient (Wildman–Crippen LogP) is 1.90. The number of carbonyl (C=O) groups is 1. The first-order valence-electron chi connectivity index (χ1n) is 5.20. The number of carboxylic acid groups (broad SMARTS) is 1. The molecular weight excluding hydrogens is 274 g/mol. The maximum atomic E-state index is 12.0. The van der Waals surface area contributed by atoms with Gasteiger partial charge in [-0.25, -0.2) is 4.79 Å². The highest BCUT2D eigenvalue weighted by Crippen LogP contribution is 2.36. The smallest absolute Gasteiger partial charge is 0.352 e. The Kier molecular flexibility index (Phi) is 3.35. The second-order valence-corrected chi connectivity index (χ2v) is 4.08. The van der Waals surface area contributed by atoms with Gasteiger partial charge < -0.3 is 19.6 Å². The number of ether oxygens (including phenoxy) is 2. The van der Waals surface area contributed by atoms with Gasteiger partial charge in [-0.2, -0.15) is 0 Å². The van der Waals surface area contributed by atoms with E-state index in [0.29, 0.717) is 0 Å². The molecule has 0 unspecified atom stereocenters. The van der Waals surface area contributed by atoms with Gasteiger partial charge >= 0.3 is 5.97 Å². The van der Waals surface area contributed by atoms with Crippen molar-refractivity contribution in [1.82, 2.24) is 4.98 Å². The van der Waals surface area contributed by atoms with Crippen LogP contribution in [0.15, 0.2) is 16.9 Å². The predicted molar refractivity (Wildman–Crippen MR) is 69.6 cm³/mol. The zero-order chi connectivity index (χ0) is 14.2. The molecule has 0 fully saturated rings. The second kappa shape index (κ2) is 4.81. The van der Waals surface area contributed by atoms with Crippen molar-refractivity contribution >= 4 is 28.5 Å². The Morgan fingerprint density at radius 3 is 2.42 bits per heavy atom. The number of carboxylic acids is 1. The van der Waals surface area contributed by atoms with Gasteiger partial charge in [0, 0.05) is 12.1 Å². The van der Waals surface area contributed by atoms with Crippen LogP contribution in [-0.4, -0.2) is 30.3 Å². The van der Waals surface area contributed by atoms with Crippen LogP contribution in [0.25, 0.3) is 10.9 Å². The molecule has 6 nitrogen and oxygen atoms in total. The van der Waals surface area contributed by atoms with Crippen LogP contribution in [0.5, 0.6) is 11.5 Å². The van der Waals surface area contributed by atoms with E-state index in [1.54, 1.807) is 0 Å². The number of nitrogens with one attached hydrogen (secondary N) is 1. The average molecular weight is 284 g/mol. The van der Waals surface area contributed by atoms with Crippen molar-refractivity contribution < 1.29 is 19.4 Å². The highest BCUT2D eigenvalue weighted by Gasteiger charge is 2.17. The monoisotopic (exact) mass is 283 g/mol. The third-order valence-electron chi connectivity index (χ3n) is 2.65. The van der Waals surface area contributed by atoms with Crippen LogP contribution in [0, 0.1) is 0 Å². The summed E-state index contributed by atoms with van der Waals surface area (Å²) >= 11 is 6.06. The minimum absolute atomic E-state index is 0.108. The third kappa shape index (κ3) is 2.10. The van der Waals surface area contributed by atoms with E-state index in [2.05, 4.69) is 4.98 Å². The van der Waals surface area contributed by atoms with E-state index < -0.39 is 11.4 Å². The molecule has 2 N–H and O–H groups in total. The first-order chi connectivity index (χ1) is 8.99. The maximum Gasteiger partial charge on any atom is 0.352 e. The zero-order valence-electron chi connectivity index (χ0n) is 10.1. The molecule has 0 saturated carbocycles. The number of methoxy groups -OCH3 is 2. The van der Waals surface area contributed by atoms with Crippen molar-refractivity contribution in [3.8, 4) is 11.5 Å². The Hall–Kier alpha value is -2.21. The fourth-order valence-corrected chi connectivity index (χ4v) is 2.08. The third-order valence-corrected chi connectivity index (χ3v) is 3.02. The van der Waals surface area contributed by atoms with Crippen LogP contribution in [-0.2, 0) is 0 Å². The number of fused-ring (bicyclic) bond motifs is 1. The summed E-state index contributed by atoms with van der Waals surface area (Å²) in [6.07, 6.45) is 0. The molecule has 0 aliphatic rings. The summed E-state index contributed by atoms with van der Waals surface area (Å²) in [6, 6.07) is 2.45. The molecule has 0 atom stereocenters. The van der Waals surface area contributed by atoms with Gasteiger partial charge in [0.15, 0.2) is 5.43 Å². The summed E-state index contributed by atoms with van der Waals surface area (Å²) in [4.78, 5) is 25.5. The number of benzene rings is 1. The van der Waals surface area contributed by atoms with E-state index in [1.807, 2.05) is 0 Å². The molecule has 2 rings (SSSR count). The van der Waals surface area contributed by atoms with Crippen molar-refractivity contribution in [2.24, 2.45) is 0 Å². The van der Waals surface area contributed by atoms with Crippen molar-refractivity contribution in [3.05, 3.63) is 33.1 Å². The summed E-state index contributed by atoms with van der Waals surface area (Å²) < 4.78 is 10.2. The lowest BCUT2D eigenvalue weighted by molar-refractivity contribution is 0.0691. The number of halogens is 1. The van der Waals surface area contributed by atoms with Gasteiger partial charge in [0.2, 0.25) is 0 Å². The van der Waals surface area contributed by atoms with E-state index in [4.69, 9.17) is 26.2 Å². The standard InChI is InChI=1S/C12H10ClNO5/c1-18-7-4-8(19-2)11-9(10(7)13)6(15)3-5(14-11)12(16)17/h3-4H,1-2H3,(H,14,15)(H,16,17). The highest BCUT2D eigenvalue weighted by molar-refractivity contribution is 6.37. The largest absolute Gasteiger partial charge is 0.495 e. The fourth-order valence-electron chi connectivity index (χ4n) is 1.76. The number of pyridine rings is 1. The van der Waals surface area contributed by atoms with Gasteiger partial charge in [-0.15, -0.1) is 0 Å². The van der Waals surface area contributed by atoms with Crippen molar-refractivity contribution in [3.63, 3.8) is 0 Å². The molecule has 0 bridgehead atoms. The van der Waals surface area contributed by atoms with E-state index in [-0.39, 0.29) is 33.1 Å². The topological polar surface area (TPSA) is 88.6 Å². The van der Waals surface area contributed by atoms with Gasteiger partial charge in [-0.1, -0.05) is 11.6 Å². The molecule has 0 saturated heterocycles. The lowest BCUT2D eigenvalue weighted by Gasteiger charge is -2.11. The van der Waals surface area contributed by atoms with E-state index in [0.717, 1.165) is 6.07 Å². The molecule has 7 heteroatoms. The van der Waals surface area contributed by atoms with E-state index >= 15 is 0 Å². The lowest BCUT2D eigenvalue weighted by atomic mass is 10.1. The highest BCUT2D eigenvalue weighted by atomic mass is 35.5. The second-order valence-electron chi connectivity index (χ2n) is 3.70. The molecule has 2 aromatic rings. The number of aromatic nitrogens is 1. The zero-order valence-corrected chi connectivity index (χ0v) is 10.9. The SMILES string of the molecule is COc1cc(OC)c2[nH]c(C(=O)O)cc(=O)c2c1Cl. The fraction of sp³-hybridized carbons (Fsp3) is 0.167. The van der Waals surface area contributed by atoms with Gasteiger partial charge in [0.25, 0.3) is 0 Å². The minimum Gasteiger partial charge on any atom is -0.495 e. The number of aromatic carboxylic acids is 1. The summed E-state index contributed by atoms with van der Waals surface area (Å²) in [5.74, 6) is -0.691. The molecule has 0 spiro atoms. The summed E-state index contributed by atoms with van der Waals surface area (Å²) in [5, 5.41) is 9.17. The van der Waals surface area contributed by atoms with E-state index in [9.17, 15) is 9.59 Å². The quantitative estimate of drug-likeness (QED) is 0.898. The molecule has 19 heavy (non-hydrogen) atoms. The van der Waals surface area contributed by atoms with Crippen molar-refractivity contribution in [2.45, 2.75) is 0 Å². The molecule has 0 aliphatic carbocycles. The van der Waals surface area contributed by atoms with Crippen LogP contribution in [0.2, 0.25) is 5.02 Å². The molecule has 100 valence electrons. The molecular formula is C12H10ClNO5. The van der Waals surface area contributed by atoms with Gasteiger partial charge in [-0.05, 0) is 0 Å². The Bertz CT molecular complexity index is 722. The molecule has 1 heterocycles. The lowest BCUT2D eigenvalue weighted by Crippen LogP contribution is -2.11. The normalized spacial score (nSPS) is 10.5. The molecule has 0 aliphatic heterocycles. The Labute approximate surface area is 112 Å². The van der Waals surface area contributed by atoms with Crippen molar-refractivity contribution in [2.75, 3.05) is 14.2 Å². The Morgan fingerprint density at radius 1 is 1.26 bits per heavy atom. The molecule has 0 amide bonds. The maximum absolute atomic E-state index is 12.0. The van der Waals surface area contributed by atoms with Gasteiger partial charge in [0.05, 0.1) is 30.1 Å². The van der Waals surface area contributed by atoms with Gasteiger partial charge in [-0.3, -0.25) is 4.79 Å². The van der Waals surface area contributed by atoms with E-state index in [1.165, 1.54) is 20.3 Å². The number of hydrogen-bond acceptors (Lipinski definition) is 4. The van der Waals surface area contributed by atoms with Gasteiger partial charge in [0.1, 0.15) is 17.2 Å². The molecule has 1 aromatic carbocycles. The van der Waals surface area contributed by atoms with Crippen molar-refractivity contribution in [1.29, 1.82) is 0 Å². The van der Waals surface area contributed by atoms with Crippen LogP contribution < -0.4 is 14.9 Å². The number of H-pyrrole nitrogens is 1. The molecule has 1 aromatic heterocycles. The number of hydrogen-bond donors (Lipinski definition) is 2. The minimum atomic E-state index is -1.24. The average Bonchev–Trinajstić information content (AvgIpc) is 2.38. The van der Waals surface area contributed by atoms with Crippen LogP contribution in [0.3, 0.4) is 0 Å². The van der Waals surface area contributed by atoms with Crippen LogP contribution in [0.1, 0.15) is 10.5 Å². The summed E-state index contributed by atoms with van der Waals surface area (Å²) in [6.45, 7) is 0. The Morgan fingerprint density at radius 2 is 1.89 bits per heavy atom. The van der Waals surface area contributed by atoms with Crippen LogP contribution >= 0.6 is 11.6 Å². The first-order valence-corrected chi connectivity index (χ1v) is 5.58. The Balaban J connectivity index is 2.97. The molecule has 0 radical (unpaired) electrons. The summed E-state index contributed by atoms with van der Waals surface area (Å²) in [5.41, 5.74) is -0.538. The summed E-state index contributed by atoms with van der Waals surface area (Å²) in [7, 11) is 2.81. The number of aromatic amines is 1. The first kappa shape index (κ1) is 13.2. The number of rotatable bonds is 3.